The van der Waals surface area contributed by atoms with E-state index in [4.69, 9.17) is 19.6 Å². The maximum atomic E-state index is 11.8. The lowest BCUT2D eigenvalue weighted by atomic mass is 9.83. The molecule has 1 aromatic rings. The maximum Gasteiger partial charge on any atom is 0.275 e. The highest BCUT2D eigenvalue weighted by Crippen LogP contribution is 2.43. The van der Waals surface area contributed by atoms with Gasteiger partial charge in [0.2, 0.25) is 5.54 Å². The van der Waals surface area contributed by atoms with Crippen molar-refractivity contribution in [3.63, 3.8) is 0 Å². The van der Waals surface area contributed by atoms with Crippen molar-refractivity contribution in [1.82, 2.24) is 4.90 Å². The van der Waals surface area contributed by atoms with Crippen LogP contribution < -0.4 is 4.74 Å². The lowest BCUT2D eigenvalue weighted by Crippen LogP contribution is -2.54. The summed E-state index contributed by atoms with van der Waals surface area (Å²) < 4.78 is 17.4. The lowest BCUT2D eigenvalue weighted by Gasteiger charge is -2.36. The van der Waals surface area contributed by atoms with E-state index in [0.29, 0.717) is 17.1 Å². The van der Waals surface area contributed by atoms with Crippen molar-refractivity contribution in [3.05, 3.63) is 33.9 Å². The minimum atomic E-state index is -1.41. The predicted octanol–water partition coefficient (Wildman–Crippen LogP) is 1.68. The fraction of sp³-hybridized carbons (Fsp3) is 0.565. The number of aliphatic hydroxyl groups excluding tert-OH is 2. The number of nitrogens with one attached hydrogen (secondary N) is 1. The van der Waals surface area contributed by atoms with Gasteiger partial charge in [-0.2, -0.15) is 0 Å². The van der Waals surface area contributed by atoms with Crippen molar-refractivity contribution in [2.75, 3.05) is 20.3 Å². The molecule has 0 saturated carbocycles. The number of aliphatic imine (C=N–C) groups is 3. The number of fused-ring (bicyclic) bond motifs is 1. The normalized spacial score (nSPS) is 28.3. The molecule has 194 valence electrons. The molecule has 3 aliphatic heterocycles. The zero-order valence-corrected chi connectivity index (χ0v) is 20.5. The minimum absolute atomic E-state index is 0.112. The zero-order chi connectivity index (χ0) is 26.3. The van der Waals surface area contributed by atoms with Gasteiger partial charge in [0.05, 0.1) is 49.4 Å². The number of nitro benzene ring substituents is 1. The van der Waals surface area contributed by atoms with Gasteiger partial charge in [0.1, 0.15) is 24.4 Å². The van der Waals surface area contributed by atoms with E-state index in [1.807, 2.05) is 20.8 Å². The molecule has 1 fully saturated rings. The molecule has 13 heteroatoms. The molecular weight excluding hydrogens is 472 g/mol. The van der Waals surface area contributed by atoms with Gasteiger partial charge in [-0.3, -0.25) is 20.4 Å². The van der Waals surface area contributed by atoms with Crippen molar-refractivity contribution in [3.8, 4) is 5.75 Å². The highest BCUT2D eigenvalue weighted by Gasteiger charge is 2.53. The molecule has 13 nitrogen and oxygen atoms in total. The molecular formula is C23H30N6O7. The summed E-state index contributed by atoms with van der Waals surface area (Å²) in [6.45, 7) is 5.16. The molecule has 0 aromatic heterocycles. The Kier molecular flexibility index (Phi) is 6.92. The summed E-state index contributed by atoms with van der Waals surface area (Å²) in [5.41, 5.74) is -1.77. The second-order valence-corrected chi connectivity index (χ2v) is 9.91. The molecule has 36 heavy (non-hydrogen) atoms. The molecule has 0 spiro atoms. The quantitative estimate of drug-likeness (QED) is 0.355. The van der Waals surface area contributed by atoms with Crippen molar-refractivity contribution in [2.45, 2.75) is 57.3 Å². The molecule has 3 N–H and O–H groups in total. The van der Waals surface area contributed by atoms with Gasteiger partial charge in [-0.05, 0) is 17.5 Å². The summed E-state index contributed by atoms with van der Waals surface area (Å²) in [5, 5.41) is 40.0. The van der Waals surface area contributed by atoms with Gasteiger partial charge < -0.3 is 24.4 Å². The van der Waals surface area contributed by atoms with Gasteiger partial charge in [0.15, 0.2) is 11.7 Å². The first-order valence-electron chi connectivity index (χ1n) is 11.4. The van der Waals surface area contributed by atoms with Crippen LogP contribution in [0.1, 0.15) is 38.9 Å². The smallest absolute Gasteiger partial charge is 0.275 e. The summed E-state index contributed by atoms with van der Waals surface area (Å²) in [6.07, 6.45) is -0.128. The summed E-state index contributed by atoms with van der Waals surface area (Å²) >= 11 is 0. The number of ether oxygens (including phenoxy) is 3. The number of benzene rings is 1. The monoisotopic (exact) mass is 502 g/mol. The van der Waals surface area contributed by atoms with Crippen LogP contribution >= 0.6 is 0 Å². The molecule has 0 bridgehead atoms. The fourth-order valence-corrected chi connectivity index (χ4v) is 4.55. The van der Waals surface area contributed by atoms with Gasteiger partial charge >= 0.3 is 0 Å². The number of nitro groups is 1. The number of methoxy groups -OCH3 is 1. The van der Waals surface area contributed by atoms with Crippen LogP contribution in [-0.2, 0) is 9.47 Å². The Morgan fingerprint density at radius 1 is 1.42 bits per heavy atom. The van der Waals surface area contributed by atoms with Crippen LogP contribution in [0.2, 0.25) is 0 Å². The molecule has 3 heterocycles. The number of aliphatic hydroxyl groups is 2. The fourth-order valence-electron chi connectivity index (χ4n) is 4.55. The third-order valence-corrected chi connectivity index (χ3v) is 6.43. The summed E-state index contributed by atoms with van der Waals surface area (Å²) in [5.74, 6) is 0.659. The number of rotatable bonds is 8. The SMILES string of the molecule is COc1ccc([N+](=O)[O-])c(C(OCC23N=CN([C@H]4C[C@H](O)[C@@H](CO)O4)C2=NC=NC3=N)C(C)(C)C)c1. The van der Waals surface area contributed by atoms with E-state index in [-0.39, 0.29) is 31.2 Å². The highest BCUT2D eigenvalue weighted by molar-refractivity contribution is 6.24. The van der Waals surface area contributed by atoms with E-state index in [1.54, 1.807) is 11.0 Å². The van der Waals surface area contributed by atoms with Gasteiger partial charge in [-0.15, -0.1) is 0 Å². The van der Waals surface area contributed by atoms with Gasteiger partial charge in [-0.1, -0.05) is 20.8 Å². The summed E-state index contributed by atoms with van der Waals surface area (Å²) in [7, 11) is 1.48. The average molecular weight is 503 g/mol. The minimum Gasteiger partial charge on any atom is -0.497 e. The number of hydrogen-bond donors (Lipinski definition) is 3. The van der Waals surface area contributed by atoms with Crippen molar-refractivity contribution < 1.29 is 29.3 Å². The van der Waals surface area contributed by atoms with E-state index >= 15 is 0 Å². The third kappa shape index (κ3) is 4.50. The standard InChI is InChI=1S/C23H30N6O7/c1-22(2,3)19(14-7-13(34-4)5-6-15(14)29(32)33)35-10-23-20(24)25-11-26-21(23)28(12-27-23)18-8-16(31)17(9-30)36-18/h5-7,11-12,16-19,24,30-31H,8-10H2,1-4H3/t16-,17+,18+,19?,23?/m0/s1. The molecule has 0 radical (unpaired) electrons. The molecule has 5 atom stereocenters. The van der Waals surface area contributed by atoms with E-state index in [2.05, 4.69) is 15.0 Å². The third-order valence-electron chi connectivity index (χ3n) is 6.43. The van der Waals surface area contributed by atoms with E-state index in [0.717, 1.165) is 0 Å². The first-order valence-corrected chi connectivity index (χ1v) is 11.4. The van der Waals surface area contributed by atoms with E-state index in [1.165, 1.54) is 31.9 Å². The summed E-state index contributed by atoms with van der Waals surface area (Å²) in [6, 6.07) is 4.48. The Morgan fingerprint density at radius 2 is 2.17 bits per heavy atom. The molecule has 1 aromatic carbocycles. The summed E-state index contributed by atoms with van der Waals surface area (Å²) in [4.78, 5) is 25.9. The average Bonchev–Trinajstić information content (AvgIpc) is 3.39. The maximum absolute atomic E-state index is 11.8. The molecule has 0 amide bonds. The Labute approximate surface area is 207 Å². The molecule has 4 rings (SSSR count). The first kappa shape index (κ1) is 25.8. The second-order valence-electron chi connectivity index (χ2n) is 9.91. The predicted molar refractivity (Wildman–Crippen MR) is 131 cm³/mol. The Bertz CT molecular complexity index is 1130. The van der Waals surface area contributed by atoms with Crippen molar-refractivity contribution in [1.29, 1.82) is 5.41 Å². The van der Waals surface area contributed by atoms with Gasteiger partial charge in [0, 0.05) is 12.5 Å². The highest BCUT2D eigenvalue weighted by atomic mass is 16.6. The Balaban J connectivity index is 1.65. The number of hydrogen-bond acceptors (Lipinski definition) is 11. The zero-order valence-electron chi connectivity index (χ0n) is 20.5. The van der Waals surface area contributed by atoms with Crippen molar-refractivity contribution >= 4 is 30.0 Å². The molecule has 3 aliphatic rings. The lowest BCUT2D eigenvalue weighted by molar-refractivity contribution is -0.386. The van der Waals surface area contributed by atoms with Crippen molar-refractivity contribution in [2.24, 2.45) is 20.4 Å². The molecule has 0 aliphatic carbocycles. The van der Waals surface area contributed by atoms with Crippen LogP contribution in [-0.4, -0.2) is 88.7 Å². The Hall–Kier alpha value is -3.26. The van der Waals surface area contributed by atoms with Crippen LogP contribution in [0.4, 0.5) is 5.69 Å². The topological polar surface area (TPSA) is 175 Å². The van der Waals surface area contributed by atoms with Crippen LogP contribution in [0.5, 0.6) is 5.75 Å². The van der Waals surface area contributed by atoms with Gasteiger partial charge in [0.25, 0.3) is 5.69 Å². The van der Waals surface area contributed by atoms with E-state index in [9.17, 15) is 20.3 Å². The van der Waals surface area contributed by atoms with E-state index < -0.39 is 40.4 Å². The van der Waals surface area contributed by atoms with Crippen LogP contribution in [0, 0.1) is 20.9 Å². The largest absolute Gasteiger partial charge is 0.497 e. The second kappa shape index (κ2) is 9.65. The van der Waals surface area contributed by atoms with Gasteiger partial charge in [-0.25, -0.2) is 15.0 Å². The van der Waals surface area contributed by atoms with Crippen LogP contribution in [0.25, 0.3) is 0 Å². The van der Waals surface area contributed by atoms with Crippen LogP contribution in [0.3, 0.4) is 0 Å². The molecule has 2 unspecified atom stereocenters. The molecule has 1 saturated heterocycles. The Morgan fingerprint density at radius 3 is 2.78 bits per heavy atom. The number of amidine groups is 2. The van der Waals surface area contributed by atoms with Crippen LogP contribution in [0.15, 0.2) is 33.2 Å². The number of nitrogens with zero attached hydrogens (tertiary/aromatic N) is 5. The first-order chi connectivity index (χ1) is 17.0.